The van der Waals surface area contributed by atoms with Gasteiger partial charge >= 0.3 is 0 Å². The molecule has 0 bridgehead atoms. The molecule has 0 aromatic heterocycles. The minimum Gasteiger partial charge on any atom is -0.489 e. The molecule has 4 aromatic carbocycles. The van der Waals surface area contributed by atoms with Gasteiger partial charge in [0.1, 0.15) is 24.0 Å². The molecule has 37 heavy (non-hydrogen) atoms. The number of hydroxylamine groups is 1. The third kappa shape index (κ3) is 5.08. The minimum atomic E-state index is -0.295. The summed E-state index contributed by atoms with van der Waals surface area (Å²) in [7, 11) is 0. The van der Waals surface area contributed by atoms with E-state index < -0.39 is 0 Å². The Morgan fingerprint density at radius 1 is 0.757 bits per heavy atom. The van der Waals surface area contributed by atoms with Crippen molar-refractivity contribution in [1.82, 2.24) is 0 Å². The standard InChI is InChI=1S/C31H27F2NO3/c32-24-10-6-22(7-11-24)29-18-30-28(20-36-29)31(34(37-30)26-14-12-25(33)13-15-26)23-8-16-27(17-9-23)35-19-21-4-2-1-3-5-21/h1-17,28-31H,18-20H2. The number of rotatable bonds is 6. The smallest absolute Gasteiger partial charge is 0.123 e. The van der Waals surface area contributed by atoms with Gasteiger partial charge in [0.05, 0.1) is 30.5 Å². The number of fused-ring (bicyclic) bond motifs is 1. The van der Waals surface area contributed by atoms with Crippen LogP contribution in [0.4, 0.5) is 14.5 Å². The molecule has 0 aliphatic carbocycles. The maximum absolute atomic E-state index is 13.7. The molecule has 2 aliphatic heterocycles. The molecule has 2 aliphatic rings. The average Bonchev–Trinajstić information content (AvgIpc) is 3.32. The summed E-state index contributed by atoms with van der Waals surface area (Å²) in [5.74, 6) is 0.287. The van der Waals surface area contributed by atoms with Crippen LogP contribution >= 0.6 is 0 Å². The lowest BCUT2D eigenvalue weighted by Crippen LogP contribution is -2.33. The normalized spacial score (nSPS) is 23.0. The summed E-state index contributed by atoms with van der Waals surface area (Å²) in [5, 5.41) is 1.88. The highest BCUT2D eigenvalue weighted by Crippen LogP contribution is 2.48. The van der Waals surface area contributed by atoms with Crippen LogP contribution in [-0.4, -0.2) is 12.7 Å². The fourth-order valence-corrected chi connectivity index (χ4v) is 5.19. The monoisotopic (exact) mass is 499 g/mol. The van der Waals surface area contributed by atoms with Crippen LogP contribution in [0.1, 0.15) is 35.3 Å². The summed E-state index contributed by atoms with van der Waals surface area (Å²) in [6.07, 6.45) is 0.361. The van der Waals surface area contributed by atoms with Crippen molar-refractivity contribution in [2.24, 2.45) is 5.92 Å². The first-order valence-electron chi connectivity index (χ1n) is 12.5. The predicted molar refractivity (Wildman–Crippen MR) is 137 cm³/mol. The molecule has 2 fully saturated rings. The number of ether oxygens (including phenoxy) is 2. The Kier molecular flexibility index (Phi) is 6.60. The van der Waals surface area contributed by atoms with Crippen molar-refractivity contribution < 1.29 is 23.1 Å². The summed E-state index contributed by atoms with van der Waals surface area (Å²) >= 11 is 0. The van der Waals surface area contributed by atoms with Crippen LogP contribution in [0.15, 0.2) is 103 Å². The van der Waals surface area contributed by atoms with Crippen LogP contribution in [0.25, 0.3) is 0 Å². The first-order valence-corrected chi connectivity index (χ1v) is 12.5. The maximum atomic E-state index is 13.7. The Labute approximate surface area is 215 Å². The van der Waals surface area contributed by atoms with Crippen LogP contribution in [-0.2, 0) is 16.2 Å². The van der Waals surface area contributed by atoms with Crippen molar-refractivity contribution >= 4 is 5.69 Å². The number of hydrogen-bond donors (Lipinski definition) is 0. The van der Waals surface area contributed by atoms with Gasteiger partial charge in [0.15, 0.2) is 0 Å². The topological polar surface area (TPSA) is 30.9 Å². The van der Waals surface area contributed by atoms with E-state index in [4.69, 9.17) is 14.3 Å². The van der Waals surface area contributed by atoms with E-state index in [0.29, 0.717) is 19.6 Å². The van der Waals surface area contributed by atoms with E-state index in [-0.39, 0.29) is 35.8 Å². The number of halogens is 2. The third-order valence-corrected chi connectivity index (χ3v) is 7.11. The van der Waals surface area contributed by atoms with Crippen molar-refractivity contribution in [2.45, 2.75) is 31.3 Å². The fourth-order valence-electron chi connectivity index (χ4n) is 5.19. The lowest BCUT2D eigenvalue weighted by molar-refractivity contribution is -0.0746. The molecule has 0 amide bonds. The maximum Gasteiger partial charge on any atom is 0.123 e. The molecule has 4 unspecified atom stereocenters. The van der Waals surface area contributed by atoms with Gasteiger partial charge in [-0.15, -0.1) is 0 Å². The highest BCUT2D eigenvalue weighted by atomic mass is 19.1. The zero-order valence-electron chi connectivity index (χ0n) is 20.2. The Hall–Kier alpha value is -3.74. The molecular formula is C31H27F2NO3. The molecule has 6 heteroatoms. The van der Waals surface area contributed by atoms with Gasteiger partial charge in [-0.1, -0.05) is 54.6 Å². The third-order valence-electron chi connectivity index (χ3n) is 7.11. The van der Waals surface area contributed by atoms with Crippen molar-refractivity contribution in [3.8, 4) is 5.75 Å². The van der Waals surface area contributed by atoms with E-state index >= 15 is 0 Å². The molecule has 0 radical (unpaired) electrons. The summed E-state index contributed by atoms with van der Waals surface area (Å²) in [4.78, 5) is 6.49. The lowest BCUT2D eigenvalue weighted by atomic mass is 9.84. The number of anilines is 1. The number of hydrogen-bond acceptors (Lipinski definition) is 4. The Balaban J connectivity index is 1.24. The first-order chi connectivity index (χ1) is 18.1. The second-order valence-corrected chi connectivity index (χ2v) is 9.51. The zero-order valence-corrected chi connectivity index (χ0v) is 20.2. The van der Waals surface area contributed by atoms with Crippen molar-refractivity contribution in [1.29, 1.82) is 0 Å². The quantitative estimate of drug-likeness (QED) is 0.281. The van der Waals surface area contributed by atoms with E-state index in [1.165, 1.54) is 24.3 Å². The average molecular weight is 500 g/mol. The fraction of sp³-hybridized carbons (Fsp3) is 0.226. The van der Waals surface area contributed by atoms with Crippen LogP contribution in [0, 0.1) is 17.6 Å². The van der Waals surface area contributed by atoms with Gasteiger partial charge in [-0.3, -0.25) is 4.84 Å². The Morgan fingerprint density at radius 3 is 2.11 bits per heavy atom. The molecule has 0 spiro atoms. The first kappa shape index (κ1) is 23.6. The summed E-state index contributed by atoms with van der Waals surface area (Å²) < 4.78 is 39.4. The molecule has 6 rings (SSSR count). The summed E-state index contributed by atoms with van der Waals surface area (Å²) in [6.45, 7) is 0.985. The lowest BCUT2D eigenvalue weighted by Gasteiger charge is -2.32. The summed E-state index contributed by atoms with van der Waals surface area (Å²) in [6, 6.07) is 30.8. The van der Waals surface area contributed by atoms with Gasteiger partial charge in [-0.05, 0) is 65.2 Å². The molecule has 0 saturated carbocycles. The number of nitrogens with zero attached hydrogens (tertiary/aromatic N) is 1. The SMILES string of the molecule is Fc1ccc(C2CC3ON(c4ccc(F)cc4)C(c4ccc(OCc5ccccc5)cc4)C3CO2)cc1. The van der Waals surface area contributed by atoms with Gasteiger partial charge in [0.2, 0.25) is 0 Å². The summed E-state index contributed by atoms with van der Waals surface area (Å²) in [5.41, 5.74) is 3.88. The van der Waals surface area contributed by atoms with Crippen LogP contribution in [0.5, 0.6) is 5.75 Å². The van der Waals surface area contributed by atoms with Crippen molar-refractivity contribution in [3.63, 3.8) is 0 Å². The van der Waals surface area contributed by atoms with Crippen LogP contribution in [0.2, 0.25) is 0 Å². The molecule has 2 heterocycles. The predicted octanol–water partition coefficient (Wildman–Crippen LogP) is 7.18. The van der Waals surface area contributed by atoms with E-state index in [9.17, 15) is 8.78 Å². The van der Waals surface area contributed by atoms with Crippen molar-refractivity contribution in [2.75, 3.05) is 11.7 Å². The number of benzene rings is 4. The zero-order chi connectivity index (χ0) is 25.2. The van der Waals surface area contributed by atoms with Crippen LogP contribution in [0.3, 0.4) is 0 Å². The van der Waals surface area contributed by atoms with Crippen molar-refractivity contribution in [3.05, 3.63) is 131 Å². The second-order valence-electron chi connectivity index (χ2n) is 9.51. The molecule has 0 N–H and O–H groups in total. The highest BCUT2D eigenvalue weighted by Gasteiger charge is 2.48. The van der Waals surface area contributed by atoms with E-state index in [0.717, 1.165) is 28.1 Å². The molecular weight excluding hydrogens is 472 g/mol. The Bertz CT molecular complexity index is 1310. The van der Waals surface area contributed by atoms with Crippen LogP contribution < -0.4 is 9.80 Å². The van der Waals surface area contributed by atoms with E-state index in [1.807, 2.05) is 47.5 Å². The van der Waals surface area contributed by atoms with Gasteiger partial charge in [0, 0.05) is 12.3 Å². The van der Waals surface area contributed by atoms with Gasteiger partial charge < -0.3 is 9.47 Å². The highest BCUT2D eigenvalue weighted by molar-refractivity contribution is 5.48. The molecule has 4 atom stereocenters. The molecule has 4 nitrogen and oxygen atoms in total. The molecule has 188 valence electrons. The largest absolute Gasteiger partial charge is 0.489 e. The Morgan fingerprint density at radius 2 is 1.41 bits per heavy atom. The van der Waals surface area contributed by atoms with Gasteiger partial charge in [-0.2, -0.15) is 0 Å². The van der Waals surface area contributed by atoms with Gasteiger partial charge in [-0.25, -0.2) is 13.8 Å². The van der Waals surface area contributed by atoms with E-state index in [1.54, 1.807) is 24.3 Å². The second kappa shape index (κ2) is 10.3. The van der Waals surface area contributed by atoms with E-state index in [2.05, 4.69) is 12.1 Å². The van der Waals surface area contributed by atoms with Gasteiger partial charge in [0.25, 0.3) is 0 Å². The minimum absolute atomic E-state index is 0.0674. The molecule has 2 saturated heterocycles. The molecule has 4 aromatic rings.